The topological polar surface area (TPSA) is 85.4 Å². The number of amides is 1. The van der Waals surface area contributed by atoms with Crippen molar-refractivity contribution in [2.75, 3.05) is 26.1 Å². The zero-order valence-corrected chi connectivity index (χ0v) is 14.5. The summed E-state index contributed by atoms with van der Waals surface area (Å²) in [6.45, 7) is 2.58. The molecule has 128 valence electrons. The Morgan fingerprint density at radius 3 is 2.50 bits per heavy atom. The molecular formula is C16H19ClN4O3. The van der Waals surface area contributed by atoms with Crippen LogP contribution in [0.1, 0.15) is 23.8 Å². The fourth-order valence-electron chi connectivity index (χ4n) is 1.95. The molecule has 2 N–H and O–H groups in total. The molecule has 0 aliphatic carbocycles. The molecule has 7 nitrogen and oxygen atoms in total. The quantitative estimate of drug-likeness (QED) is 0.798. The van der Waals surface area contributed by atoms with Gasteiger partial charge in [0.15, 0.2) is 11.5 Å². The van der Waals surface area contributed by atoms with Crippen LogP contribution in [0.2, 0.25) is 5.02 Å². The number of halogens is 1. The fourth-order valence-corrected chi connectivity index (χ4v) is 2.18. The molecule has 2 rings (SSSR count). The highest BCUT2D eigenvalue weighted by atomic mass is 35.5. The first-order chi connectivity index (χ1) is 11.6. The minimum Gasteiger partial charge on any atom is -0.495 e. The number of hydrogen-bond acceptors (Lipinski definition) is 6. The van der Waals surface area contributed by atoms with Crippen LogP contribution < -0.4 is 20.1 Å². The Morgan fingerprint density at radius 1 is 1.17 bits per heavy atom. The number of ether oxygens (including phenoxy) is 2. The molecule has 24 heavy (non-hydrogen) atoms. The van der Waals surface area contributed by atoms with Crippen LogP contribution in [0.4, 0.5) is 11.5 Å². The van der Waals surface area contributed by atoms with Gasteiger partial charge >= 0.3 is 0 Å². The monoisotopic (exact) mass is 350 g/mol. The maximum absolute atomic E-state index is 11.8. The number of hydrogen-bond donors (Lipinski definition) is 2. The summed E-state index contributed by atoms with van der Waals surface area (Å²) in [6.07, 6.45) is 0.858. The summed E-state index contributed by atoms with van der Waals surface area (Å²) in [5, 5.41) is 14.2. The van der Waals surface area contributed by atoms with Crippen LogP contribution in [-0.2, 0) is 0 Å². The summed E-state index contributed by atoms with van der Waals surface area (Å²) in [7, 11) is 3.07. The molecule has 1 aromatic heterocycles. The van der Waals surface area contributed by atoms with E-state index in [0.717, 1.165) is 6.42 Å². The Hall–Kier alpha value is -2.54. The van der Waals surface area contributed by atoms with E-state index >= 15 is 0 Å². The molecular weight excluding hydrogens is 332 g/mol. The number of nitrogens with one attached hydrogen (secondary N) is 2. The number of anilines is 2. The van der Waals surface area contributed by atoms with E-state index in [9.17, 15) is 4.79 Å². The Labute approximate surface area is 145 Å². The van der Waals surface area contributed by atoms with Gasteiger partial charge in [-0.1, -0.05) is 18.5 Å². The van der Waals surface area contributed by atoms with Crippen molar-refractivity contribution in [2.45, 2.75) is 13.3 Å². The van der Waals surface area contributed by atoms with E-state index in [1.807, 2.05) is 6.92 Å². The third-order valence-electron chi connectivity index (χ3n) is 3.17. The minimum atomic E-state index is -0.248. The van der Waals surface area contributed by atoms with Gasteiger partial charge in [0, 0.05) is 18.7 Å². The molecule has 0 aliphatic rings. The number of rotatable bonds is 7. The lowest BCUT2D eigenvalue weighted by molar-refractivity contribution is 0.0947. The van der Waals surface area contributed by atoms with E-state index in [0.29, 0.717) is 34.6 Å². The molecule has 0 spiro atoms. The van der Waals surface area contributed by atoms with Crippen LogP contribution in [0, 0.1) is 0 Å². The zero-order valence-electron chi connectivity index (χ0n) is 13.7. The molecule has 1 amide bonds. The van der Waals surface area contributed by atoms with Crippen molar-refractivity contribution in [1.29, 1.82) is 0 Å². The second-order valence-corrected chi connectivity index (χ2v) is 5.28. The summed E-state index contributed by atoms with van der Waals surface area (Å²) in [4.78, 5) is 11.8. The van der Waals surface area contributed by atoms with Crippen LogP contribution in [0.5, 0.6) is 11.5 Å². The van der Waals surface area contributed by atoms with E-state index in [1.165, 1.54) is 14.2 Å². The maximum atomic E-state index is 11.8. The van der Waals surface area contributed by atoms with Gasteiger partial charge in [0.25, 0.3) is 5.91 Å². The molecule has 8 heteroatoms. The second-order valence-electron chi connectivity index (χ2n) is 4.87. The average molecular weight is 351 g/mol. The molecule has 0 aliphatic heterocycles. The first kappa shape index (κ1) is 17.8. The third kappa shape index (κ3) is 4.26. The Morgan fingerprint density at radius 2 is 1.92 bits per heavy atom. The van der Waals surface area contributed by atoms with Crippen molar-refractivity contribution in [3.63, 3.8) is 0 Å². The molecule has 1 aromatic carbocycles. The number of carbonyl (C=O) groups is 1. The molecule has 0 saturated heterocycles. The lowest BCUT2D eigenvalue weighted by Gasteiger charge is -2.13. The number of methoxy groups -OCH3 is 2. The van der Waals surface area contributed by atoms with Crippen LogP contribution in [0.15, 0.2) is 24.3 Å². The van der Waals surface area contributed by atoms with Gasteiger partial charge in [0.1, 0.15) is 11.5 Å². The van der Waals surface area contributed by atoms with Crippen molar-refractivity contribution < 1.29 is 14.3 Å². The van der Waals surface area contributed by atoms with Crippen molar-refractivity contribution >= 4 is 29.0 Å². The molecule has 0 saturated carbocycles. The molecule has 0 fully saturated rings. The van der Waals surface area contributed by atoms with Crippen molar-refractivity contribution in [1.82, 2.24) is 15.5 Å². The van der Waals surface area contributed by atoms with Crippen molar-refractivity contribution in [3.8, 4) is 11.5 Å². The molecule has 0 atom stereocenters. The largest absolute Gasteiger partial charge is 0.495 e. The van der Waals surface area contributed by atoms with Gasteiger partial charge in [0.05, 0.1) is 24.9 Å². The summed E-state index contributed by atoms with van der Waals surface area (Å²) < 4.78 is 10.5. The van der Waals surface area contributed by atoms with Gasteiger partial charge in [0.2, 0.25) is 0 Å². The van der Waals surface area contributed by atoms with Gasteiger partial charge in [-0.25, -0.2) is 0 Å². The first-order valence-corrected chi connectivity index (χ1v) is 7.77. The third-order valence-corrected chi connectivity index (χ3v) is 3.46. The highest BCUT2D eigenvalue weighted by Gasteiger charge is 2.12. The summed E-state index contributed by atoms with van der Waals surface area (Å²) >= 11 is 6.08. The molecule has 1 heterocycles. The minimum absolute atomic E-state index is 0.248. The average Bonchev–Trinajstić information content (AvgIpc) is 2.61. The molecule has 0 radical (unpaired) electrons. The Kier molecular flexibility index (Phi) is 6.20. The van der Waals surface area contributed by atoms with Crippen LogP contribution in [0.3, 0.4) is 0 Å². The smallest absolute Gasteiger partial charge is 0.271 e. The lowest BCUT2D eigenvalue weighted by Crippen LogP contribution is -2.25. The number of aromatic nitrogens is 2. The van der Waals surface area contributed by atoms with Crippen LogP contribution in [0.25, 0.3) is 0 Å². The Balaban J connectivity index is 2.18. The maximum Gasteiger partial charge on any atom is 0.271 e. The summed E-state index contributed by atoms with van der Waals surface area (Å²) in [5.41, 5.74) is 0.880. The summed E-state index contributed by atoms with van der Waals surface area (Å²) in [5.74, 6) is 1.25. The molecule has 0 unspecified atom stereocenters. The predicted octanol–water partition coefficient (Wildman–Crippen LogP) is 3.03. The van der Waals surface area contributed by atoms with Gasteiger partial charge in [-0.2, -0.15) is 0 Å². The van der Waals surface area contributed by atoms with Gasteiger partial charge in [-0.15, -0.1) is 10.2 Å². The number of nitrogens with zero attached hydrogens (tertiary/aromatic N) is 2. The lowest BCUT2D eigenvalue weighted by atomic mass is 10.2. The fraction of sp³-hybridized carbons (Fsp3) is 0.312. The standard InChI is InChI=1S/C16H19ClN4O3/c1-4-7-18-16(22)11-5-6-15(21-20-11)19-12-9-13(23-2)10(17)8-14(12)24-3/h5-6,8-9H,4,7H2,1-3H3,(H,18,22)(H,19,21). The van der Waals surface area contributed by atoms with E-state index in [2.05, 4.69) is 20.8 Å². The number of benzene rings is 1. The second kappa shape index (κ2) is 8.35. The first-order valence-electron chi connectivity index (χ1n) is 7.39. The highest BCUT2D eigenvalue weighted by Crippen LogP contribution is 2.36. The van der Waals surface area contributed by atoms with Crippen LogP contribution in [-0.4, -0.2) is 36.9 Å². The van der Waals surface area contributed by atoms with E-state index in [1.54, 1.807) is 24.3 Å². The van der Waals surface area contributed by atoms with Crippen molar-refractivity contribution in [3.05, 3.63) is 35.0 Å². The zero-order chi connectivity index (χ0) is 17.5. The van der Waals surface area contributed by atoms with E-state index in [4.69, 9.17) is 21.1 Å². The summed E-state index contributed by atoms with van der Waals surface area (Å²) in [6, 6.07) is 6.60. The number of carbonyl (C=O) groups excluding carboxylic acids is 1. The van der Waals surface area contributed by atoms with E-state index in [-0.39, 0.29) is 11.6 Å². The normalized spacial score (nSPS) is 10.2. The SMILES string of the molecule is CCCNC(=O)c1ccc(Nc2cc(OC)c(Cl)cc2OC)nn1. The molecule has 2 aromatic rings. The van der Waals surface area contributed by atoms with E-state index < -0.39 is 0 Å². The highest BCUT2D eigenvalue weighted by molar-refractivity contribution is 6.32. The van der Waals surface area contributed by atoms with Gasteiger partial charge in [-0.05, 0) is 18.6 Å². The van der Waals surface area contributed by atoms with Gasteiger partial charge < -0.3 is 20.1 Å². The Bertz CT molecular complexity index is 707. The van der Waals surface area contributed by atoms with Crippen molar-refractivity contribution in [2.24, 2.45) is 0 Å². The van der Waals surface area contributed by atoms with Crippen LogP contribution >= 0.6 is 11.6 Å². The molecule has 0 bridgehead atoms. The predicted molar refractivity (Wildman–Crippen MR) is 92.5 cm³/mol. The van der Waals surface area contributed by atoms with Gasteiger partial charge in [-0.3, -0.25) is 4.79 Å².